The lowest BCUT2D eigenvalue weighted by atomic mass is 10.0. The van der Waals surface area contributed by atoms with Crippen molar-refractivity contribution >= 4 is 5.91 Å². The molecule has 0 saturated carbocycles. The minimum atomic E-state index is -0.572. The van der Waals surface area contributed by atoms with Gasteiger partial charge in [0, 0.05) is 19.4 Å². The van der Waals surface area contributed by atoms with Crippen molar-refractivity contribution in [3.05, 3.63) is 47.0 Å². The summed E-state index contributed by atoms with van der Waals surface area (Å²) in [5.74, 6) is 0.0789. The maximum Gasteiger partial charge on any atom is 0.224 e. The Kier molecular flexibility index (Phi) is 5.57. The average molecular weight is 287 g/mol. The molecule has 1 amide bonds. The lowest BCUT2D eigenvalue weighted by Crippen LogP contribution is -2.33. The molecule has 1 aliphatic rings. The highest BCUT2D eigenvalue weighted by molar-refractivity contribution is 5.78. The van der Waals surface area contributed by atoms with Crippen molar-refractivity contribution in [3.63, 3.8) is 0 Å². The molecule has 3 nitrogen and oxygen atoms in total. The number of allylic oxidation sites excluding steroid dienone is 1. The van der Waals surface area contributed by atoms with Crippen LogP contribution in [0.5, 0.6) is 0 Å². The van der Waals surface area contributed by atoms with E-state index in [0.717, 1.165) is 19.3 Å². The van der Waals surface area contributed by atoms with Crippen molar-refractivity contribution in [1.29, 1.82) is 0 Å². The number of carbonyl (C=O) groups is 1. The number of nitrogens with zero attached hydrogens (tertiary/aromatic N) is 1. The third-order valence-corrected chi connectivity index (χ3v) is 4.21. The highest BCUT2D eigenvalue weighted by Crippen LogP contribution is 2.18. The molecule has 21 heavy (non-hydrogen) atoms. The second-order valence-corrected chi connectivity index (χ2v) is 5.87. The van der Waals surface area contributed by atoms with Gasteiger partial charge in [-0.25, -0.2) is 0 Å². The van der Waals surface area contributed by atoms with E-state index >= 15 is 0 Å². The lowest BCUT2D eigenvalue weighted by Gasteiger charge is -2.20. The molecule has 0 radical (unpaired) electrons. The predicted octanol–water partition coefficient (Wildman–Crippen LogP) is 3.20. The van der Waals surface area contributed by atoms with E-state index in [0.29, 0.717) is 19.4 Å². The van der Waals surface area contributed by atoms with Gasteiger partial charge in [0.2, 0.25) is 5.91 Å². The third kappa shape index (κ3) is 4.43. The molecular formula is C18H25NO2. The summed E-state index contributed by atoms with van der Waals surface area (Å²) in [7, 11) is 0. The molecule has 1 unspecified atom stereocenters. The van der Waals surface area contributed by atoms with E-state index in [1.807, 2.05) is 0 Å². The van der Waals surface area contributed by atoms with Gasteiger partial charge in [0.1, 0.15) is 6.23 Å². The SMILES string of the molecule is CC(=CCCc1ccccc1C)CCN1C(=O)CCC1O. The molecule has 0 aliphatic carbocycles. The molecule has 2 rings (SSSR count). The van der Waals surface area contributed by atoms with E-state index in [9.17, 15) is 9.90 Å². The van der Waals surface area contributed by atoms with Crippen molar-refractivity contribution in [1.82, 2.24) is 4.90 Å². The Morgan fingerprint density at radius 2 is 2.19 bits per heavy atom. The number of rotatable bonds is 6. The van der Waals surface area contributed by atoms with Crippen LogP contribution in [0, 0.1) is 6.92 Å². The molecule has 3 heteroatoms. The smallest absolute Gasteiger partial charge is 0.224 e. The molecule has 0 aromatic heterocycles. The normalized spacial score (nSPS) is 19.4. The minimum absolute atomic E-state index is 0.0789. The predicted molar refractivity (Wildman–Crippen MR) is 84.8 cm³/mol. The van der Waals surface area contributed by atoms with Crippen molar-refractivity contribution in [2.24, 2.45) is 0 Å². The Balaban J connectivity index is 1.77. The van der Waals surface area contributed by atoms with Gasteiger partial charge in [0.25, 0.3) is 0 Å². The van der Waals surface area contributed by atoms with Gasteiger partial charge in [-0.05, 0) is 44.2 Å². The number of aliphatic hydroxyl groups excluding tert-OH is 1. The monoisotopic (exact) mass is 287 g/mol. The summed E-state index contributed by atoms with van der Waals surface area (Å²) in [6.07, 6.45) is 5.65. The van der Waals surface area contributed by atoms with E-state index in [1.54, 1.807) is 4.90 Å². The molecule has 0 bridgehead atoms. The molecule has 1 N–H and O–H groups in total. The van der Waals surface area contributed by atoms with E-state index in [1.165, 1.54) is 16.7 Å². The number of aryl methyl sites for hydroxylation is 2. The first-order valence-corrected chi connectivity index (χ1v) is 7.75. The van der Waals surface area contributed by atoms with Crippen LogP contribution in [0.25, 0.3) is 0 Å². The van der Waals surface area contributed by atoms with Gasteiger partial charge in [-0.3, -0.25) is 4.79 Å². The van der Waals surface area contributed by atoms with Gasteiger partial charge < -0.3 is 10.0 Å². The summed E-state index contributed by atoms with van der Waals surface area (Å²) in [4.78, 5) is 13.2. The first-order valence-electron chi connectivity index (χ1n) is 7.75. The van der Waals surface area contributed by atoms with Crippen LogP contribution in [-0.2, 0) is 11.2 Å². The molecule has 1 fully saturated rings. The first-order chi connectivity index (χ1) is 10.1. The zero-order valence-electron chi connectivity index (χ0n) is 13.0. The van der Waals surface area contributed by atoms with Crippen LogP contribution in [0.15, 0.2) is 35.9 Å². The maximum absolute atomic E-state index is 11.6. The Hall–Kier alpha value is -1.61. The Morgan fingerprint density at radius 3 is 2.86 bits per heavy atom. The van der Waals surface area contributed by atoms with E-state index in [4.69, 9.17) is 0 Å². The summed E-state index contributed by atoms with van der Waals surface area (Å²) in [5.41, 5.74) is 4.02. The summed E-state index contributed by atoms with van der Waals surface area (Å²) in [6.45, 7) is 4.88. The number of hydrogen-bond donors (Lipinski definition) is 1. The number of likely N-dealkylation sites (tertiary alicyclic amines) is 1. The zero-order valence-corrected chi connectivity index (χ0v) is 13.0. The zero-order chi connectivity index (χ0) is 15.2. The van der Waals surface area contributed by atoms with Crippen LogP contribution < -0.4 is 0 Å². The minimum Gasteiger partial charge on any atom is -0.374 e. The van der Waals surface area contributed by atoms with E-state index < -0.39 is 6.23 Å². The average Bonchev–Trinajstić information content (AvgIpc) is 2.78. The van der Waals surface area contributed by atoms with Gasteiger partial charge in [0.15, 0.2) is 0 Å². The molecule has 114 valence electrons. The van der Waals surface area contributed by atoms with Crippen molar-refractivity contribution < 1.29 is 9.90 Å². The Bertz CT molecular complexity index is 522. The summed E-state index contributed by atoms with van der Waals surface area (Å²) in [6, 6.07) is 8.47. The second-order valence-electron chi connectivity index (χ2n) is 5.87. The maximum atomic E-state index is 11.6. The van der Waals surface area contributed by atoms with Crippen LogP contribution in [0.2, 0.25) is 0 Å². The molecule has 1 aromatic rings. The van der Waals surface area contributed by atoms with Gasteiger partial charge in [-0.15, -0.1) is 0 Å². The second kappa shape index (κ2) is 7.41. The lowest BCUT2D eigenvalue weighted by molar-refractivity contribution is -0.133. The van der Waals surface area contributed by atoms with Crippen molar-refractivity contribution in [2.75, 3.05) is 6.54 Å². The fourth-order valence-electron chi connectivity index (χ4n) is 2.76. The standard InChI is InChI=1S/C18H25NO2/c1-14(12-13-19-17(20)10-11-18(19)21)6-5-9-16-8-4-3-7-15(16)2/h3-4,6-8,17,20H,5,9-13H2,1-2H3. The molecule has 0 spiro atoms. The van der Waals surface area contributed by atoms with Gasteiger partial charge in [-0.2, -0.15) is 0 Å². The molecule has 1 aromatic carbocycles. The Morgan fingerprint density at radius 1 is 1.43 bits per heavy atom. The summed E-state index contributed by atoms with van der Waals surface area (Å²) < 4.78 is 0. The number of amides is 1. The fraction of sp³-hybridized carbons (Fsp3) is 0.500. The van der Waals surface area contributed by atoms with Gasteiger partial charge in [0.05, 0.1) is 0 Å². The molecule has 1 aliphatic heterocycles. The van der Waals surface area contributed by atoms with Crippen molar-refractivity contribution in [2.45, 2.75) is 52.2 Å². The van der Waals surface area contributed by atoms with Crippen LogP contribution >= 0.6 is 0 Å². The molecular weight excluding hydrogens is 262 g/mol. The number of benzene rings is 1. The number of carbonyl (C=O) groups excluding carboxylic acids is 1. The third-order valence-electron chi connectivity index (χ3n) is 4.21. The summed E-state index contributed by atoms with van der Waals surface area (Å²) >= 11 is 0. The molecule has 1 heterocycles. The van der Waals surface area contributed by atoms with E-state index in [2.05, 4.69) is 44.2 Å². The van der Waals surface area contributed by atoms with Crippen molar-refractivity contribution in [3.8, 4) is 0 Å². The molecule has 1 atom stereocenters. The fourth-order valence-corrected chi connectivity index (χ4v) is 2.76. The highest BCUT2D eigenvalue weighted by atomic mass is 16.3. The van der Waals surface area contributed by atoms with Gasteiger partial charge in [-0.1, -0.05) is 35.9 Å². The van der Waals surface area contributed by atoms with Crippen LogP contribution in [0.4, 0.5) is 0 Å². The Labute approximate surface area is 127 Å². The van der Waals surface area contributed by atoms with Gasteiger partial charge >= 0.3 is 0 Å². The van der Waals surface area contributed by atoms with Crippen LogP contribution in [0.3, 0.4) is 0 Å². The molecule has 1 saturated heterocycles. The summed E-state index contributed by atoms with van der Waals surface area (Å²) in [5, 5.41) is 9.71. The first kappa shape index (κ1) is 15.8. The van der Waals surface area contributed by atoms with E-state index in [-0.39, 0.29) is 5.91 Å². The van der Waals surface area contributed by atoms with Crippen LogP contribution in [0.1, 0.15) is 43.7 Å². The quantitative estimate of drug-likeness (QED) is 0.816. The van der Waals surface area contributed by atoms with Crippen LogP contribution in [-0.4, -0.2) is 28.7 Å². The topological polar surface area (TPSA) is 40.5 Å². The highest BCUT2D eigenvalue weighted by Gasteiger charge is 2.28. The number of hydrogen-bond acceptors (Lipinski definition) is 2. The largest absolute Gasteiger partial charge is 0.374 e. The number of aliphatic hydroxyl groups is 1.